The maximum Gasteiger partial charge on any atom is 0.308 e. The smallest absolute Gasteiger partial charge is 0.308 e. The molecule has 0 aromatic carbocycles. The standard InChI is InChI=1S/C13H20N2O3/c1-2-11-10(8-12(16)17)13(18)15(14-11)9-6-4-3-5-7-9/h9,14H,2-8H2,1H3,(H,16,17). The molecule has 0 radical (unpaired) electrons. The first-order valence-electron chi connectivity index (χ1n) is 6.67. The molecule has 18 heavy (non-hydrogen) atoms. The van der Waals surface area contributed by atoms with E-state index in [0.29, 0.717) is 12.0 Å². The van der Waals surface area contributed by atoms with Crippen molar-refractivity contribution in [3.05, 3.63) is 21.6 Å². The van der Waals surface area contributed by atoms with Gasteiger partial charge in [0.2, 0.25) is 0 Å². The first-order valence-corrected chi connectivity index (χ1v) is 6.67. The Morgan fingerprint density at radius 2 is 2.06 bits per heavy atom. The minimum Gasteiger partial charge on any atom is -0.481 e. The molecule has 1 heterocycles. The molecule has 1 aliphatic carbocycles. The van der Waals surface area contributed by atoms with E-state index in [0.717, 1.165) is 31.4 Å². The van der Waals surface area contributed by atoms with Crippen LogP contribution in [0.1, 0.15) is 56.3 Å². The van der Waals surface area contributed by atoms with Crippen molar-refractivity contribution in [3.8, 4) is 0 Å². The number of rotatable bonds is 4. The predicted octanol–water partition coefficient (Wildman–Crippen LogP) is 1.87. The molecule has 1 aliphatic rings. The van der Waals surface area contributed by atoms with Gasteiger partial charge in [-0.1, -0.05) is 26.2 Å². The highest BCUT2D eigenvalue weighted by atomic mass is 16.4. The summed E-state index contributed by atoms with van der Waals surface area (Å²) in [5.41, 5.74) is 1.06. The van der Waals surface area contributed by atoms with Crippen molar-refractivity contribution in [1.82, 2.24) is 9.78 Å². The van der Waals surface area contributed by atoms with Gasteiger partial charge < -0.3 is 5.11 Å². The molecule has 100 valence electrons. The predicted molar refractivity (Wildman–Crippen MR) is 67.9 cm³/mol. The molecular weight excluding hydrogens is 232 g/mol. The average Bonchev–Trinajstić information content (AvgIpc) is 2.67. The van der Waals surface area contributed by atoms with Gasteiger partial charge in [0.1, 0.15) is 0 Å². The number of carbonyl (C=O) groups is 1. The second-order valence-electron chi connectivity index (χ2n) is 4.96. The van der Waals surface area contributed by atoms with E-state index in [1.165, 1.54) is 6.42 Å². The molecule has 0 bridgehead atoms. The number of nitrogens with zero attached hydrogens (tertiary/aromatic N) is 1. The van der Waals surface area contributed by atoms with Crippen molar-refractivity contribution in [2.45, 2.75) is 57.9 Å². The molecule has 0 spiro atoms. The van der Waals surface area contributed by atoms with Gasteiger partial charge in [-0.05, 0) is 19.3 Å². The lowest BCUT2D eigenvalue weighted by molar-refractivity contribution is -0.136. The summed E-state index contributed by atoms with van der Waals surface area (Å²) < 4.78 is 1.66. The summed E-state index contributed by atoms with van der Waals surface area (Å²) in [7, 11) is 0. The number of carboxylic acid groups (broad SMARTS) is 1. The Kier molecular flexibility index (Phi) is 3.89. The summed E-state index contributed by atoms with van der Waals surface area (Å²) >= 11 is 0. The molecule has 0 saturated heterocycles. The minimum atomic E-state index is -0.948. The summed E-state index contributed by atoms with van der Waals surface area (Å²) in [6.45, 7) is 1.93. The minimum absolute atomic E-state index is 0.138. The van der Waals surface area contributed by atoms with Crippen LogP contribution in [0.5, 0.6) is 0 Å². The summed E-state index contributed by atoms with van der Waals surface area (Å²) in [5.74, 6) is -0.948. The van der Waals surface area contributed by atoms with Gasteiger partial charge in [-0.3, -0.25) is 14.7 Å². The van der Waals surface area contributed by atoms with E-state index in [9.17, 15) is 9.59 Å². The molecule has 1 aromatic rings. The fraction of sp³-hybridized carbons (Fsp3) is 0.692. The van der Waals surface area contributed by atoms with E-state index in [4.69, 9.17) is 5.11 Å². The maximum absolute atomic E-state index is 12.3. The van der Waals surface area contributed by atoms with Crippen molar-refractivity contribution < 1.29 is 9.90 Å². The van der Waals surface area contributed by atoms with Crippen molar-refractivity contribution in [3.63, 3.8) is 0 Å². The summed E-state index contributed by atoms with van der Waals surface area (Å²) in [6.07, 6.45) is 6.02. The van der Waals surface area contributed by atoms with Gasteiger partial charge in [-0.2, -0.15) is 0 Å². The molecule has 1 saturated carbocycles. The molecule has 1 aromatic heterocycles. The van der Waals surface area contributed by atoms with E-state index in [2.05, 4.69) is 5.10 Å². The van der Waals surface area contributed by atoms with Gasteiger partial charge in [0, 0.05) is 5.69 Å². The molecule has 5 heteroatoms. The summed E-state index contributed by atoms with van der Waals surface area (Å²) in [4.78, 5) is 23.1. The maximum atomic E-state index is 12.3. The van der Waals surface area contributed by atoms with Crippen LogP contribution in [0.4, 0.5) is 0 Å². The number of aryl methyl sites for hydroxylation is 1. The lowest BCUT2D eigenvalue weighted by atomic mass is 9.96. The number of aromatic nitrogens is 2. The Morgan fingerprint density at radius 3 is 2.61 bits per heavy atom. The van der Waals surface area contributed by atoms with Gasteiger partial charge in [0.15, 0.2) is 0 Å². The van der Waals surface area contributed by atoms with Crippen LogP contribution < -0.4 is 5.56 Å². The molecule has 5 nitrogen and oxygen atoms in total. The Labute approximate surface area is 106 Å². The number of aromatic amines is 1. The number of aliphatic carboxylic acids is 1. The van der Waals surface area contributed by atoms with Crippen LogP contribution in [0.3, 0.4) is 0 Å². The number of nitrogens with one attached hydrogen (secondary N) is 1. The molecule has 0 amide bonds. The molecule has 0 unspecified atom stereocenters. The summed E-state index contributed by atoms with van der Waals surface area (Å²) in [6, 6.07) is 0.221. The molecule has 2 N–H and O–H groups in total. The SMILES string of the molecule is CCc1[nH]n(C2CCCCC2)c(=O)c1CC(=O)O. The highest BCUT2D eigenvalue weighted by Crippen LogP contribution is 2.26. The van der Waals surface area contributed by atoms with Crippen LogP contribution in [0.25, 0.3) is 0 Å². The molecule has 1 fully saturated rings. The normalized spacial score (nSPS) is 16.9. The quantitative estimate of drug-likeness (QED) is 0.859. The average molecular weight is 252 g/mol. The van der Waals surface area contributed by atoms with Gasteiger partial charge in [-0.25, -0.2) is 4.68 Å². The fourth-order valence-electron chi connectivity index (χ4n) is 2.76. The van der Waals surface area contributed by atoms with E-state index >= 15 is 0 Å². The number of hydrogen-bond acceptors (Lipinski definition) is 2. The topological polar surface area (TPSA) is 75.1 Å². The zero-order chi connectivity index (χ0) is 13.1. The Morgan fingerprint density at radius 1 is 1.39 bits per heavy atom. The van der Waals surface area contributed by atoms with Crippen LogP contribution in [-0.4, -0.2) is 20.9 Å². The third kappa shape index (κ3) is 2.49. The first-order chi connectivity index (χ1) is 8.63. The number of carboxylic acids is 1. The fourth-order valence-corrected chi connectivity index (χ4v) is 2.76. The third-order valence-electron chi connectivity index (χ3n) is 3.72. The Hall–Kier alpha value is -1.52. The van der Waals surface area contributed by atoms with Gasteiger partial charge in [0.05, 0.1) is 18.0 Å². The van der Waals surface area contributed by atoms with Crippen LogP contribution >= 0.6 is 0 Å². The van der Waals surface area contributed by atoms with Crippen LogP contribution in [0, 0.1) is 0 Å². The molecular formula is C13H20N2O3. The van der Waals surface area contributed by atoms with Crippen LogP contribution in [0.2, 0.25) is 0 Å². The zero-order valence-corrected chi connectivity index (χ0v) is 10.7. The second kappa shape index (κ2) is 5.42. The number of hydrogen-bond donors (Lipinski definition) is 2. The van der Waals surface area contributed by atoms with Crippen molar-refractivity contribution in [1.29, 1.82) is 0 Å². The summed E-state index contributed by atoms with van der Waals surface area (Å²) in [5, 5.41) is 12.0. The van der Waals surface area contributed by atoms with E-state index in [1.54, 1.807) is 4.68 Å². The third-order valence-corrected chi connectivity index (χ3v) is 3.72. The van der Waals surface area contributed by atoms with Crippen molar-refractivity contribution in [2.24, 2.45) is 0 Å². The second-order valence-corrected chi connectivity index (χ2v) is 4.96. The Bertz CT molecular complexity index is 481. The largest absolute Gasteiger partial charge is 0.481 e. The highest BCUT2D eigenvalue weighted by Gasteiger charge is 2.22. The van der Waals surface area contributed by atoms with Gasteiger partial charge in [-0.15, -0.1) is 0 Å². The van der Waals surface area contributed by atoms with E-state index < -0.39 is 5.97 Å². The molecule has 2 rings (SSSR count). The lowest BCUT2D eigenvalue weighted by Gasteiger charge is -2.21. The van der Waals surface area contributed by atoms with E-state index in [1.807, 2.05) is 6.92 Å². The van der Waals surface area contributed by atoms with Crippen molar-refractivity contribution >= 4 is 5.97 Å². The van der Waals surface area contributed by atoms with Crippen LogP contribution in [-0.2, 0) is 17.6 Å². The zero-order valence-electron chi connectivity index (χ0n) is 10.7. The van der Waals surface area contributed by atoms with E-state index in [-0.39, 0.29) is 18.0 Å². The van der Waals surface area contributed by atoms with Crippen molar-refractivity contribution in [2.75, 3.05) is 0 Å². The highest BCUT2D eigenvalue weighted by molar-refractivity contribution is 5.70. The monoisotopic (exact) mass is 252 g/mol. The molecule has 0 atom stereocenters. The van der Waals surface area contributed by atoms with Gasteiger partial charge in [0.25, 0.3) is 5.56 Å². The van der Waals surface area contributed by atoms with Crippen LogP contribution in [0.15, 0.2) is 4.79 Å². The molecule has 0 aliphatic heterocycles. The number of H-pyrrole nitrogens is 1. The first kappa shape index (κ1) is 12.9. The Balaban J connectivity index is 2.33. The lowest BCUT2D eigenvalue weighted by Crippen LogP contribution is -2.26. The van der Waals surface area contributed by atoms with Gasteiger partial charge >= 0.3 is 5.97 Å².